The van der Waals surface area contributed by atoms with Crippen molar-refractivity contribution in [2.24, 2.45) is 5.92 Å². The second kappa shape index (κ2) is 10.5. The highest BCUT2D eigenvalue weighted by Crippen LogP contribution is 2.32. The van der Waals surface area contributed by atoms with Crippen molar-refractivity contribution < 1.29 is 22.7 Å². The van der Waals surface area contributed by atoms with Crippen molar-refractivity contribution in [3.05, 3.63) is 77.8 Å². The molecule has 178 valence electrons. The van der Waals surface area contributed by atoms with Gasteiger partial charge in [-0.1, -0.05) is 41.9 Å². The molecule has 7 nitrogen and oxygen atoms in total. The molecule has 1 aliphatic rings. The molecule has 0 aliphatic carbocycles. The molecule has 9 heteroatoms. The Hall–Kier alpha value is -3.07. The summed E-state index contributed by atoms with van der Waals surface area (Å²) in [6.45, 7) is 0.485. The molecule has 1 fully saturated rings. The zero-order valence-corrected chi connectivity index (χ0v) is 20.2. The minimum absolute atomic E-state index is 0.105. The summed E-state index contributed by atoms with van der Waals surface area (Å²) < 4.78 is 38.5. The number of sulfonamides is 1. The number of carbonyl (C=O) groups excluding carboxylic acids is 1. The van der Waals surface area contributed by atoms with E-state index in [0.29, 0.717) is 35.8 Å². The molecule has 4 rings (SSSR count). The van der Waals surface area contributed by atoms with Crippen molar-refractivity contribution in [2.45, 2.75) is 17.7 Å². The number of methoxy groups -OCH3 is 1. The molecule has 0 bridgehead atoms. The van der Waals surface area contributed by atoms with E-state index in [1.54, 1.807) is 12.1 Å². The van der Waals surface area contributed by atoms with E-state index in [1.165, 1.54) is 29.6 Å². The lowest BCUT2D eigenvalue weighted by atomic mass is 9.97. The molecule has 1 N–H and O–H groups in total. The summed E-state index contributed by atoms with van der Waals surface area (Å²) in [5, 5.41) is 3.17. The van der Waals surface area contributed by atoms with Crippen molar-refractivity contribution in [2.75, 3.05) is 25.5 Å². The maximum absolute atomic E-state index is 13.0. The van der Waals surface area contributed by atoms with Crippen LogP contribution < -0.4 is 14.8 Å². The van der Waals surface area contributed by atoms with Crippen LogP contribution in [0, 0.1) is 5.92 Å². The van der Waals surface area contributed by atoms with E-state index in [-0.39, 0.29) is 34.8 Å². The fraction of sp³-hybridized carbons (Fsp3) is 0.240. The largest absolute Gasteiger partial charge is 0.495 e. The molecule has 0 aromatic heterocycles. The van der Waals surface area contributed by atoms with Gasteiger partial charge in [-0.05, 0) is 55.3 Å². The Labute approximate surface area is 204 Å². The van der Waals surface area contributed by atoms with Crippen molar-refractivity contribution in [3.63, 3.8) is 0 Å². The highest BCUT2D eigenvalue weighted by Gasteiger charge is 2.32. The van der Waals surface area contributed by atoms with Crippen LogP contribution in [0.15, 0.2) is 77.7 Å². The van der Waals surface area contributed by atoms with E-state index in [0.717, 1.165) is 0 Å². The SMILES string of the molecule is COc1ccc(S(=O)(=O)N2CCC(C(=O)Nc3ccccc3Oc3ccccc3)CC2)cc1Cl. The lowest BCUT2D eigenvalue weighted by Gasteiger charge is -2.30. The minimum Gasteiger partial charge on any atom is -0.495 e. The van der Waals surface area contributed by atoms with E-state index in [2.05, 4.69) is 5.32 Å². The summed E-state index contributed by atoms with van der Waals surface area (Å²) in [7, 11) is -2.25. The smallest absolute Gasteiger partial charge is 0.243 e. The number of halogens is 1. The molecule has 0 saturated carbocycles. The second-order valence-electron chi connectivity index (χ2n) is 7.88. The normalized spacial score (nSPS) is 15.0. The van der Waals surface area contributed by atoms with E-state index in [1.807, 2.05) is 42.5 Å². The molecule has 1 saturated heterocycles. The summed E-state index contributed by atoms with van der Waals surface area (Å²) in [5.74, 6) is 1.15. The molecule has 1 amide bonds. The topological polar surface area (TPSA) is 84.9 Å². The number of rotatable bonds is 7. The summed E-state index contributed by atoms with van der Waals surface area (Å²) in [5.41, 5.74) is 0.569. The molecular formula is C25H25ClN2O5S. The Balaban J connectivity index is 1.39. The summed E-state index contributed by atoms with van der Waals surface area (Å²) in [6, 6.07) is 20.9. The predicted molar refractivity (Wildman–Crippen MR) is 131 cm³/mol. The fourth-order valence-corrected chi connectivity index (χ4v) is 5.64. The van der Waals surface area contributed by atoms with Gasteiger partial charge in [0, 0.05) is 19.0 Å². The number of piperidine rings is 1. The number of nitrogens with one attached hydrogen (secondary N) is 1. The Kier molecular flexibility index (Phi) is 7.41. The Morgan fingerprint density at radius 2 is 1.65 bits per heavy atom. The first-order valence-corrected chi connectivity index (χ1v) is 12.7. The van der Waals surface area contributed by atoms with E-state index in [4.69, 9.17) is 21.1 Å². The average Bonchev–Trinajstić information content (AvgIpc) is 2.86. The zero-order valence-electron chi connectivity index (χ0n) is 18.6. The molecule has 0 atom stereocenters. The van der Waals surface area contributed by atoms with Gasteiger partial charge in [-0.25, -0.2) is 8.42 Å². The Bertz CT molecular complexity index is 1260. The van der Waals surface area contributed by atoms with Crippen LogP contribution in [-0.4, -0.2) is 38.8 Å². The number of hydrogen-bond acceptors (Lipinski definition) is 5. The van der Waals surface area contributed by atoms with Crippen LogP contribution in [0.25, 0.3) is 0 Å². The molecule has 1 aliphatic heterocycles. The third kappa shape index (κ3) is 5.35. The third-order valence-corrected chi connectivity index (χ3v) is 7.89. The van der Waals surface area contributed by atoms with Crippen LogP contribution >= 0.6 is 11.6 Å². The van der Waals surface area contributed by atoms with Crippen molar-refractivity contribution in [3.8, 4) is 17.2 Å². The maximum Gasteiger partial charge on any atom is 0.243 e. The molecule has 0 radical (unpaired) electrons. The molecule has 3 aromatic carbocycles. The van der Waals surface area contributed by atoms with Crippen molar-refractivity contribution in [1.82, 2.24) is 4.31 Å². The lowest BCUT2D eigenvalue weighted by molar-refractivity contribution is -0.120. The van der Waals surface area contributed by atoms with Gasteiger partial charge >= 0.3 is 0 Å². The third-order valence-electron chi connectivity index (χ3n) is 5.70. The number of benzene rings is 3. The first kappa shape index (κ1) is 24.1. The lowest BCUT2D eigenvalue weighted by Crippen LogP contribution is -2.41. The number of hydrogen-bond donors (Lipinski definition) is 1. The van der Waals surface area contributed by atoms with Crippen LogP contribution in [0.4, 0.5) is 5.69 Å². The second-order valence-corrected chi connectivity index (χ2v) is 10.2. The Morgan fingerprint density at radius 1 is 0.971 bits per heavy atom. The number of amides is 1. The fourth-order valence-electron chi connectivity index (χ4n) is 3.82. The van der Waals surface area contributed by atoms with Crippen LogP contribution in [0.1, 0.15) is 12.8 Å². The van der Waals surface area contributed by atoms with Gasteiger partial charge in [0.25, 0.3) is 0 Å². The number of ether oxygens (including phenoxy) is 2. The van der Waals surface area contributed by atoms with Gasteiger partial charge in [0.05, 0.1) is 22.7 Å². The van der Waals surface area contributed by atoms with Crippen LogP contribution in [0.3, 0.4) is 0 Å². The van der Waals surface area contributed by atoms with E-state index in [9.17, 15) is 13.2 Å². The highest BCUT2D eigenvalue weighted by atomic mass is 35.5. The van der Waals surface area contributed by atoms with Gasteiger partial charge < -0.3 is 14.8 Å². The monoisotopic (exact) mass is 500 g/mol. The summed E-state index contributed by atoms with van der Waals surface area (Å²) >= 11 is 6.11. The minimum atomic E-state index is -3.72. The number of nitrogens with zero attached hydrogens (tertiary/aromatic N) is 1. The highest BCUT2D eigenvalue weighted by molar-refractivity contribution is 7.89. The zero-order chi connectivity index (χ0) is 24.1. The first-order chi connectivity index (χ1) is 16.4. The van der Waals surface area contributed by atoms with Gasteiger partial charge in [0.1, 0.15) is 11.5 Å². The molecule has 1 heterocycles. The van der Waals surface area contributed by atoms with Crippen molar-refractivity contribution >= 4 is 33.2 Å². The predicted octanol–water partition coefficient (Wildman–Crippen LogP) is 5.18. The van der Waals surface area contributed by atoms with Crippen LogP contribution in [0.5, 0.6) is 17.2 Å². The van der Waals surface area contributed by atoms with E-state index >= 15 is 0 Å². The van der Waals surface area contributed by atoms with Gasteiger partial charge in [-0.2, -0.15) is 4.31 Å². The Morgan fingerprint density at radius 3 is 2.32 bits per heavy atom. The van der Waals surface area contributed by atoms with Gasteiger partial charge in [0.2, 0.25) is 15.9 Å². The van der Waals surface area contributed by atoms with Gasteiger partial charge in [-0.3, -0.25) is 4.79 Å². The quantitative estimate of drug-likeness (QED) is 0.483. The first-order valence-electron chi connectivity index (χ1n) is 10.8. The average molecular weight is 501 g/mol. The number of para-hydroxylation sites is 3. The molecule has 3 aromatic rings. The standard InChI is InChI=1S/C25H25ClN2O5S/c1-32-23-12-11-20(17-21(23)26)34(30,31)28-15-13-18(14-16-28)25(29)27-22-9-5-6-10-24(22)33-19-7-3-2-4-8-19/h2-12,17-18H,13-16H2,1H3,(H,27,29). The molecule has 0 spiro atoms. The molecule has 0 unspecified atom stereocenters. The number of anilines is 1. The van der Waals surface area contributed by atoms with Gasteiger partial charge in [-0.15, -0.1) is 0 Å². The molecular weight excluding hydrogens is 476 g/mol. The molecule has 34 heavy (non-hydrogen) atoms. The van der Waals surface area contributed by atoms with E-state index < -0.39 is 10.0 Å². The van der Waals surface area contributed by atoms with Crippen LogP contribution in [-0.2, 0) is 14.8 Å². The maximum atomic E-state index is 13.0. The summed E-state index contributed by atoms with van der Waals surface area (Å²) in [6.07, 6.45) is 0.827. The van der Waals surface area contributed by atoms with Gasteiger partial charge in [0.15, 0.2) is 5.75 Å². The number of carbonyl (C=O) groups is 1. The summed E-state index contributed by atoms with van der Waals surface area (Å²) in [4.78, 5) is 13.1. The van der Waals surface area contributed by atoms with Crippen molar-refractivity contribution in [1.29, 1.82) is 0 Å². The van der Waals surface area contributed by atoms with Crippen LogP contribution in [0.2, 0.25) is 5.02 Å².